The molecule has 1 saturated carbocycles. The largest absolute Gasteiger partial charge is 0.458 e. The molecule has 14 nitrogen and oxygen atoms in total. The molecule has 1 aliphatic carbocycles. The zero-order valence-electron chi connectivity index (χ0n) is 29.6. The summed E-state index contributed by atoms with van der Waals surface area (Å²) in [5.74, 6) is -0.151. The van der Waals surface area contributed by atoms with Gasteiger partial charge in [-0.1, -0.05) is 12.8 Å². The summed E-state index contributed by atoms with van der Waals surface area (Å²) < 4.78 is 7.77. The number of fused-ring (bicyclic) bond motifs is 3. The maximum atomic E-state index is 14.1. The Kier molecular flexibility index (Phi) is 8.77. The summed E-state index contributed by atoms with van der Waals surface area (Å²) in [4.78, 5) is 73.2. The van der Waals surface area contributed by atoms with Crippen molar-refractivity contribution in [3.8, 4) is 0 Å². The Morgan fingerprint density at radius 2 is 1.68 bits per heavy atom. The van der Waals surface area contributed by atoms with Crippen LogP contribution in [0, 0.1) is 0 Å². The Morgan fingerprint density at radius 3 is 2.28 bits per heavy atom. The standard InChI is InChI=1S/C36H47N9O5/c1-35(2,3)50-33(49)36(15-8-16-39-36)32(48)44-25-12-13-26(44)21-43(20-25)30(46)22-11-14-28(37-18-22)40-34-38-19-23-17-27(31(47)42(4)5)45(29(23)41-34)24-9-6-7-10-24/h11,14,17-19,24-26,39H,6-10,12-13,15-16,20-21H2,1-5H3,(H,37,38,40,41). The summed E-state index contributed by atoms with van der Waals surface area (Å²) in [6, 6.07) is 5.17. The Labute approximate surface area is 291 Å². The van der Waals surface area contributed by atoms with Crippen LogP contribution in [0.2, 0.25) is 0 Å². The fourth-order valence-electron chi connectivity index (χ4n) is 8.06. The second-order valence-electron chi connectivity index (χ2n) is 15.3. The number of hydrogen-bond donors (Lipinski definition) is 2. The van der Waals surface area contributed by atoms with Gasteiger partial charge in [-0.2, -0.15) is 4.98 Å². The fourth-order valence-corrected chi connectivity index (χ4v) is 8.06. The first kappa shape index (κ1) is 33.9. The number of rotatable bonds is 7. The predicted molar refractivity (Wildman–Crippen MR) is 186 cm³/mol. The van der Waals surface area contributed by atoms with Gasteiger partial charge in [0.2, 0.25) is 5.95 Å². The van der Waals surface area contributed by atoms with E-state index in [0.717, 1.165) is 43.9 Å². The smallest absolute Gasteiger partial charge is 0.336 e. The minimum Gasteiger partial charge on any atom is -0.458 e. The molecule has 6 heterocycles. The third kappa shape index (κ3) is 6.18. The minimum absolute atomic E-state index is 0.0668. The lowest BCUT2D eigenvalue weighted by molar-refractivity contribution is -0.169. The van der Waals surface area contributed by atoms with Crippen LogP contribution in [0.25, 0.3) is 11.0 Å². The van der Waals surface area contributed by atoms with Crippen LogP contribution in [0.3, 0.4) is 0 Å². The van der Waals surface area contributed by atoms with Crippen LogP contribution in [-0.4, -0.2) is 115 Å². The van der Waals surface area contributed by atoms with Gasteiger partial charge >= 0.3 is 5.97 Å². The van der Waals surface area contributed by atoms with Gasteiger partial charge in [-0.25, -0.2) is 14.8 Å². The summed E-state index contributed by atoms with van der Waals surface area (Å²) in [5.41, 5.74) is -0.333. The molecular weight excluding hydrogens is 638 g/mol. The molecule has 3 atom stereocenters. The topological polar surface area (TPSA) is 155 Å². The highest BCUT2D eigenvalue weighted by atomic mass is 16.6. The average molecular weight is 686 g/mol. The van der Waals surface area contributed by atoms with Crippen molar-refractivity contribution in [3.63, 3.8) is 0 Å². The van der Waals surface area contributed by atoms with Crippen molar-refractivity contribution in [3.05, 3.63) is 41.9 Å². The number of carbonyl (C=O) groups excluding carboxylic acids is 4. The van der Waals surface area contributed by atoms with E-state index in [2.05, 4.69) is 25.2 Å². The Bertz CT molecular complexity index is 1790. The summed E-state index contributed by atoms with van der Waals surface area (Å²) in [7, 11) is 3.50. The lowest BCUT2D eigenvalue weighted by atomic mass is 9.93. The van der Waals surface area contributed by atoms with Gasteiger partial charge in [0, 0.05) is 63.1 Å². The molecule has 3 aliphatic heterocycles. The third-order valence-corrected chi connectivity index (χ3v) is 10.4. The molecule has 0 radical (unpaired) electrons. The molecular formula is C36H47N9O5. The van der Waals surface area contributed by atoms with Crippen LogP contribution in [0.4, 0.5) is 11.8 Å². The molecule has 2 bridgehead atoms. The Balaban J connectivity index is 1.04. The second kappa shape index (κ2) is 12.9. The number of nitrogens with zero attached hydrogens (tertiary/aromatic N) is 7. The van der Waals surface area contributed by atoms with E-state index in [0.29, 0.717) is 61.1 Å². The number of carbonyl (C=O) groups is 4. The van der Waals surface area contributed by atoms with Gasteiger partial charge in [0.15, 0.2) is 5.54 Å². The third-order valence-electron chi connectivity index (χ3n) is 10.4. The summed E-state index contributed by atoms with van der Waals surface area (Å²) in [6.07, 6.45) is 10.1. The summed E-state index contributed by atoms with van der Waals surface area (Å²) >= 11 is 0. The number of aromatic nitrogens is 4. The van der Waals surface area contributed by atoms with Crippen LogP contribution in [0.5, 0.6) is 0 Å². The number of ether oxygens (including phenoxy) is 1. The zero-order chi connectivity index (χ0) is 35.4. The van der Waals surface area contributed by atoms with Gasteiger partial charge in [-0.15, -0.1) is 0 Å². The predicted octanol–water partition coefficient (Wildman–Crippen LogP) is 3.67. The monoisotopic (exact) mass is 685 g/mol. The van der Waals surface area contributed by atoms with E-state index in [1.54, 1.807) is 63.0 Å². The number of hydrogen-bond acceptors (Lipinski definition) is 10. The molecule has 0 spiro atoms. The van der Waals surface area contributed by atoms with Crippen molar-refractivity contribution in [2.24, 2.45) is 0 Å². The van der Waals surface area contributed by atoms with Crippen LogP contribution < -0.4 is 10.6 Å². The van der Waals surface area contributed by atoms with E-state index in [1.165, 1.54) is 6.20 Å². The van der Waals surface area contributed by atoms with Crippen LogP contribution in [0.1, 0.15) is 99.0 Å². The zero-order valence-corrected chi connectivity index (χ0v) is 29.6. The van der Waals surface area contributed by atoms with Crippen LogP contribution in [0.15, 0.2) is 30.6 Å². The first-order chi connectivity index (χ1) is 23.8. The lowest BCUT2D eigenvalue weighted by Crippen LogP contribution is -2.67. The number of amides is 3. The fraction of sp³-hybridized carbons (Fsp3) is 0.583. The number of anilines is 2. The number of likely N-dealkylation sites (tertiary alicyclic amines) is 1. The van der Waals surface area contributed by atoms with Crippen LogP contribution >= 0.6 is 0 Å². The quantitative estimate of drug-likeness (QED) is 0.278. The van der Waals surface area contributed by atoms with Gasteiger partial charge in [0.25, 0.3) is 17.7 Å². The molecule has 3 aromatic rings. The average Bonchev–Trinajstić information content (AvgIpc) is 3.89. The molecule has 4 fully saturated rings. The molecule has 3 aromatic heterocycles. The minimum atomic E-state index is -1.38. The molecule has 266 valence electrons. The molecule has 3 unspecified atom stereocenters. The molecule has 14 heteroatoms. The highest BCUT2D eigenvalue weighted by Gasteiger charge is 2.56. The van der Waals surface area contributed by atoms with Crippen molar-refractivity contribution in [2.45, 2.75) is 101 Å². The van der Waals surface area contributed by atoms with Crippen LogP contribution in [-0.2, 0) is 14.3 Å². The molecule has 50 heavy (non-hydrogen) atoms. The van der Waals surface area contributed by atoms with E-state index in [4.69, 9.17) is 9.72 Å². The molecule has 0 aromatic carbocycles. The van der Waals surface area contributed by atoms with Gasteiger partial charge in [-0.3, -0.25) is 19.7 Å². The van der Waals surface area contributed by atoms with Crippen molar-refractivity contribution >= 4 is 46.5 Å². The SMILES string of the molecule is CN(C)C(=O)c1cc2cnc(Nc3ccc(C(=O)N4CC5CCC(C4)N5C(=O)C4(C(=O)OC(C)(C)C)CCCN4)cn3)nc2n1C1CCCC1. The lowest BCUT2D eigenvalue weighted by Gasteiger charge is -2.44. The first-order valence-electron chi connectivity index (χ1n) is 17.8. The van der Waals surface area contributed by atoms with Gasteiger partial charge in [0.05, 0.1) is 5.56 Å². The van der Waals surface area contributed by atoms with E-state index >= 15 is 0 Å². The maximum Gasteiger partial charge on any atom is 0.336 e. The number of nitrogens with one attached hydrogen (secondary N) is 2. The maximum absolute atomic E-state index is 14.1. The summed E-state index contributed by atoms with van der Waals surface area (Å²) in [6.45, 7) is 6.76. The molecule has 3 amide bonds. The highest BCUT2D eigenvalue weighted by molar-refractivity contribution is 6.08. The number of piperazine rings is 1. The van der Waals surface area contributed by atoms with Gasteiger partial charge < -0.3 is 29.3 Å². The van der Waals surface area contributed by atoms with Gasteiger partial charge in [0.1, 0.15) is 22.8 Å². The second-order valence-corrected chi connectivity index (χ2v) is 15.3. The van der Waals surface area contributed by atoms with Crippen molar-refractivity contribution in [1.82, 2.24) is 39.5 Å². The van der Waals surface area contributed by atoms with E-state index in [1.807, 2.05) is 11.0 Å². The summed E-state index contributed by atoms with van der Waals surface area (Å²) in [5, 5.41) is 7.15. The van der Waals surface area contributed by atoms with E-state index < -0.39 is 17.1 Å². The first-order valence-corrected chi connectivity index (χ1v) is 17.8. The van der Waals surface area contributed by atoms with E-state index in [-0.39, 0.29) is 35.8 Å². The molecule has 7 rings (SSSR count). The Hall–Kier alpha value is -4.59. The number of pyridine rings is 1. The van der Waals surface area contributed by atoms with Gasteiger partial charge in [-0.05, 0) is 84.0 Å². The Morgan fingerprint density at radius 1 is 0.960 bits per heavy atom. The molecule has 3 saturated heterocycles. The molecule has 4 aliphatic rings. The van der Waals surface area contributed by atoms with Crippen molar-refractivity contribution in [1.29, 1.82) is 0 Å². The van der Waals surface area contributed by atoms with Crippen molar-refractivity contribution in [2.75, 3.05) is 39.0 Å². The van der Waals surface area contributed by atoms with E-state index in [9.17, 15) is 19.2 Å². The number of esters is 1. The highest BCUT2D eigenvalue weighted by Crippen LogP contribution is 2.37. The van der Waals surface area contributed by atoms with Crippen molar-refractivity contribution < 1.29 is 23.9 Å². The normalized spacial score (nSPS) is 23.8. The molecule has 2 N–H and O–H groups in total.